The van der Waals surface area contributed by atoms with Crippen LogP contribution in [0.2, 0.25) is 0 Å². The molecule has 0 aliphatic carbocycles. The third-order valence-corrected chi connectivity index (χ3v) is 4.96. The molecule has 0 spiro atoms. The lowest BCUT2D eigenvalue weighted by atomic mass is 10.2. The van der Waals surface area contributed by atoms with Gasteiger partial charge in [0.15, 0.2) is 11.5 Å². The van der Waals surface area contributed by atoms with Crippen molar-refractivity contribution in [1.82, 2.24) is 5.48 Å². The molecule has 2 aromatic rings. The molecule has 2 aromatic carbocycles. The van der Waals surface area contributed by atoms with Crippen LogP contribution in [0.25, 0.3) is 6.08 Å². The molecule has 2 rings (SSSR count). The van der Waals surface area contributed by atoms with Gasteiger partial charge in [0, 0.05) is 12.5 Å². The topological polar surface area (TPSA) is 114 Å². The Morgan fingerprint density at radius 1 is 1.07 bits per heavy atom. The van der Waals surface area contributed by atoms with Crippen LogP contribution in [0.15, 0.2) is 53.4 Å². The number of amides is 1. The summed E-state index contributed by atoms with van der Waals surface area (Å²) in [5, 5.41) is 8.42. The molecule has 0 aliphatic rings. The quantitative estimate of drug-likeness (QED) is 0.470. The van der Waals surface area contributed by atoms with E-state index >= 15 is 0 Å². The Balaban J connectivity index is 2.13. The number of hydrogen-bond donors (Lipinski definition) is 3. The van der Waals surface area contributed by atoms with Gasteiger partial charge in [-0.25, -0.2) is 13.9 Å². The average Bonchev–Trinajstić information content (AvgIpc) is 2.67. The lowest BCUT2D eigenvalue weighted by Gasteiger charge is -2.12. The number of ether oxygens (including phenoxy) is 2. The first-order valence-electron chi connectivity index (χ1n) is 7.84. The van der Waals surface area contributed by atoms with Crippen molar-refractivity contribution in [1.29, 1.82) is 0 Å². The van der Waals surface area contributed by atoms with Crippen molar-refractivity contribution < 1.29 is 27.9 Å². The highest BCUT2D eigenvalue weighted by Gasteiger charge is 2.15. The van der Waals surface area contributed by atoms with E-state index in [9.17, 15) is 13.2 Å². The summed E-state index contributed by atoms with van der Waals surface area (Å²) in [6.07, 6.45) is 3.21. The molecule has 27 heavy (non-hydrogen) atoms. The van der Waals surface area contributed by atoms with Gasteiger partial charge in [0.25, 0.3) is 10.0 Å². The lowest BCUT2D eigenvalue weighted by Crippen LogP contribution is -2.16. The van der Waals surface area contributed by atoms with Gasteiger partial charge >= 0.3 is 0 Å². The van der Waals surface area contributed by atoms with Gasteiger partial charge in [0.05, 0.1) is 24.8 Å². The van der Waals surface area contributed by atoms with Gasteiger partial charge in [0.1, 0.15) is 0 Å². The van der Waals surface area contributed by atoms with Crippen LogP contribution in [0.4, 0.5) is 5.69 Å². The average molecular weight is 392 g/mol. The first-order chi connectivity index (χ1) is 12.9. The van der Waals surface area contributed by atoms with E-state index in [-0.39, 0.29) is 11.3 Å². The van der Waals surface area contributed by atoms with Crippen LogP contribution in [-0.4, -0.2) is 33.8 Å². The number of rotatable bonds is 8. The van der Waals surface area contributed by atoms with Gasteiger partial charge in [-0.05, 0) is 29.8 Å². The predicted octanol–water partition coefficient (Wildman–Crippen LogP) is 2.41. The first-order valence-corrected chi connectivity index (χ1v) is 9.32. The number of hydroxylamine groups is 1. The predicted molar refractivity (Wildman–Crippen MR) is 100 cm³/mol. The van der Waals surface area contributed by atoms with Crippen LogP contribution in [0.3, 0.4) is 0 Å². The fourth-order valence-corrected chi connectivity index (χ4v) is 3.27. The molecule has 0 atom stereocenters. The number of sulfonamides is 1. The van der Waals surface area contributed by atoms with E-state index < -0.39 is 15.9 Å². The molecular formula is C18H20N2O6S. The largest absolute Gasteiger partial charge is 0.493 e. The summed E-state index contributed by atoms with van der Waals surface area (Å²) in [5.74, 6) is 0.362. The molecule has 0 unspecified atom stereocenters. The number of hydrogen-bond acceptors (Lipinski definition) is 6. The van der Waals surface area contributed by atoms with Crippen LogP contribution >= 0.6 is 0 Å². The molecule has 0 saturated heterocycles. The molecule has 0 aromatic heterocycles. The molecule has 0 saturated carbocycles. The van der Waals surface area contributed by atoms with Crippen molar-refractivity contribution in [2.75, 3.05) is 18.9 Å². The molecule has 0 radical (unpaired) electrons. The Hall–Kier alpha value is -3.04. The summed E-state index contributed by atoms with van der Waals surface area (Å²) in [7, 11) is -0.821. The fourth-order valence-electron chi connectivity index (χ4n) is 2.22. The maximum Gasteiger partial charge on any atom is 0.261 e. The summed E-state index contributed by atoms with van der Waals surface area (Å²) in [4.78, 5) is 11.0. The van der Waals surface area contributed by atoms with Gasteiger partial charge in [-0.3, -0.25) is 14.7 Å². The van der Waals surface area contributed by atoms with Gasteiger partial charge in [-0.15, -0.1) is 0 Å². The third kappa shape index (κ3) is 5.47. The van der Waals surface area contributed by atoms with Crippen LogP contribution in [0.1, 0.15) is 12.0 Å². The number of methoxy groups -OCH3 is 2. The highest BCUT2D eigenvalue weighted by Crippen LogP contribution is 2.30. The number of anilines is 1. The maximum atomic E-state index is 12.5. The van der Waals surface area contributed by atoms with Gasteiger partial charge < -0.3 is 9.47 Å². The number of carbonyl (C=O) groups excluding carboxylic acids is 1. The van der Waals surface area contributed by atoms with Crippen LogP contribution in [-0.2, 0) is 14.8 Å². The van der Waals surface area contributed by atoms with Gasteiger partial charge in [0.2, 0.25) is 5.91 Å². The van der Waals surface area contributed by atoms with E-state index in [1.165, 1.54) is 37.9 Å². The normalized spacial score (nSPS) is 11.2. The standard InChI is InChI=1S/C18H20N2O6S/c1-25-16-11-8-14(12-17(16)26-2)20-27(23,24)15-9-6-13(7-10-15)4-3-5-18(21)19-22/h3-4,6-12,20,22H,5H2,1-2H3,(H,19,21). The fraction of sp³-hybridized carbons (Fsp3) is 0.167. The Labute approximate surface area is 157 Å². The van der Waals surface area contributed by atoms with Crippen molar-refractivity contribution in [2.45, 2.75) is 11.3 Å². The maximum absolute atomic E-state index is 12.5. The van der Waals surface area contributed by atoms with Crippen LogP contribution in [0.5, 0.6) is 11.5 Å². The molecular weight excluding hydrogens is 372 g/mol. The van der Waals surface area contributed by atoms with Crippen molar-refractivity contribution >= 4 is 27.7 Å². The molecule has 3 N–H and O–H groups in total. The Morgan fingerprint density at radius 2 is 1.74 bits per heavy atom. The SMILES string of the molecule is COc1ccc(NS(=O)(=O)c2ccc(C=CCC(=O)NO)cc2)cc1OC. The zero-order chi connectivity index (χ0) is 19.9. The number of carbonyl (C=O) groups is 1. The summed E-state index contributed by atoms with van der Waals surface area (Å²) < 4.78 is 37.8. The van der Waals surface area contributed by atoms with Crippen LogP contribution in [0, 0.1) is 0 Å². The summed E-state index contributed by atoms with van der Waals surface area (Å²) in [6, 6.07) is 10.8. The molecule has 144 valence electrons. The Kier molecular flexibility index (Phi) is 6.80. The molecule has 0 aliphatic heterocycles. The molecule has 8 nitrogen and oxygen atoms in total. The molecule has 1 amide bonds. The number of nitrogens with one attached hydrogen (secondary N) is 2. The molecule has 9 heteroatoms. The lowest BCUT2D eigenvalue weighted by molar-refractivity contribution is -0.128. The second-order valence-corrected chi connectivity index (χ2v) is 7.07. The highest BCUT2D eigenvalue weighted by molar-refractivity contribution is 7.92. The van der Waals surface area contributed by atoms with Crippen molar-refractivity contribution in [3.05, 3.63) is 54.1 Å². The Bertz CT molecular complexity index is 923. The molecule has 0 bridgehead atoms. The van der Waals surface area contributed by atoms with Crippen molar-refractivity contribution in [2.24, 2.45) is 0 Å². The third-order valence-electron chi connectivity index (χ3n) is 3.56. The minimum absolute atomic E-state index is 0.0113. The zero-order valence-electron chi connectivity index (χ0n) is 14.8. The second kappa shape index (κ2) is 9.06. The van der Waals surface area contributed by atoms with E-state index in [0.29, 0.717) is 22.7 Å². The Morgan fingerprint density at radius 3 is 2.33 bits per heavy atom. The smallest absolute Gasteiger partial charge is 0.261 e. The van der Waals surface area contributed by atoms with E-state index in [1.807, 2.05) is 0 Å². The van der Waals surface area contributed by atoms with Crippen molar-refractivity contribution in [3.63, 3.8) is 0 Å². The molecule has 0 fully saturated rings. The first kappa shape index (κ1) is 20.3. The van der Waals surface area contributed by atoms with E-state index in [1.54, 1.807) is 36.4 Å². The molecule has 0 heterocycles. The monoisotopic (exact) mass is 392 g/mol. The zero-order valence-corrected chi connectivity index (χ0v) is 15.6. The van der Waals surface area contributed by atoms with Crippen LogP contribution < -0.4 is 19.7 Å². The summed E-state index contributed by atoms with van der Waals surface area (Å²) >= 11 is 0. The highest BCUT2D eigenvalue weighted by atomic mass is 32.2. The van der Waals surface area contributed by atoms with Crippen molar-refractivity contribution in [3.8, 4) is 11.5 Å². The number of benzene rings is 2. The minimum Gasteiger partial charge on any atom is -0.493 e. The summed E-state index contributed by atoms with van der Waals surface area (Å²) in [5.41, 5.74) is 2.58. The van der Waals surface area contributed by atoms with E-state index in [0.717, 1.165) is 0 Å². The summed E-state index contributed by atoms with van der Waals surface area (Å²) in [6.45, 7) is 0. The van der Waals surface area contributed by atoms with E-state index in [2.05, 4.69) is 4.72 Å². The van der Waals surface area contributed by atoms with Gasteiger partial charge in [-0.2, -0.15) is 0 Å². The second-order valence-electron chi connectivity index (χ2n) is 5.39. The van der Waals surface area contributed by atoms with Gasteiger partial charge in [-0.1, -0.05) is 24.3 Å². The van der Waals surface area contributed by atoms with E-state index in [4.69, 9.17) is 14.7 Å². The minimum atomic E-state index is -3.78.